The summed E-state index contributed by atoms with van der Waals surface area (Å²) in [5, 5.41) is 0. The van der Waals surface area contributed by atoms with E-state index in [9.17, 15) is 13.6 Å². The van der Waals surface area contributed by atoms with Crippen molar-refractivity contribution in [1.29, 1.82) is 0 Å². The SMILES string of the molecule is O=C(c1ccc(F)cc1F)C1CC2CCCC(C1)N2Cc1ccccc1. The molecule has 0 amide bonds. The molecule has 0 radical (unpaired) electrons. The lowest BCUT2D eigenvalue weighted by Crippen LogP contribution is -2.52. The minimum Gasteiger partial charge on any atom is -0.294 e. The molecule has 2 bridgehead atoms. The van der Waals surface area contributed by atoms with E-state index in [0.29, 0.717) is 12.1 Å². The molecule has 4 heteroatoms. The first-order chi connectivity index (χ1) is 12.6. The number of hydrogen-bond acceptors (Lipinski definition) is 2. The largest absolute Gasteiger partial charge is 0.294 e. The molecule has 2 aromatic carbocycles. The zero-order valence-corrected chi connectivity index (χ0v) is 14.7. The summed E-state index contributed by atoms with van der Waals surface area (Å²) in [6.07, 6.45) is 4.88. The van der Waals surface area contributed by atoms with E-state index in [-0.39, 0.29) is 17.3 Å². The van der Waals surface area contributed by atoms with Gasteiger partial charge in [-0.1, -0.05) is 36.8 Å². The third-order valence-electron chi connectivity index (χ3n) is 5.90. The number of carbonyl (C=O) groups excluding carboxylic acids is 1. The van der Waals surface area contributed by atoms with E-state index in [0.717, 1.165) is 38.3 Å². The van der Waals surface area contributed by atoms with Crippen LogP contribution in [0.15, 0.2) is 48.5 Å². The summed E-state index contributed by atoms with van der Waals surface area (Å²) >= 11 is 0. The second kappa shape index (κ2) is 7.28. The minimum atomic E-state index is -0.744. The predicted molar refractivity (Wildman–Crippen MR) is 96.8 cm³/mol. The van der Waals surface area contributed by atoms with Crippen LogP contribution in [0.1, 0.15) is 48.0 Å². The summed E-state index contributed by atoms with van der Waals surface area (Å²) < 4.78 is 27.2. The van der Waals surface area contributed by atoms with Crippen molar-refractivity contribution in [3.63, 3.8) is 0 Å². The Hall–Kier alpha value is -2.07. The van der Waals surface area contributed by atoms with Crippen molar-refractivity contribution >= 4 is 5.78 Å². The van der Waals surface area contributed by atoms with Crippen molar-refractivity contribution in [2.45, 2.75) is 50.7 Å². The Kier molecular flexibility index (Phi) is 4.86. The lowest BCUT2D eigenvalue weighted by atomic mass is 9.75. The number of halogens is 2. The van der Waals surface area contributed by atoms with Gasteiger partial charge in [-0.3, -0.25) is 9.69 Å². The summed E-state index contributed by atoms with van der Waals surface area (Å²) in [5.74, 6) is -1.73. The van der Waals surface area contributed by atoms with E-state index < -0.39 is 11.6 Å². The standard InChI is InChI=1S/C22H23F2NO/c23-17-9-10-20(21(24)13-17)22(26)16-11-18-7-4-8-19(12-16)25(18)14-15-5-2-1-3-6-15/h1-3,5-6,9-10,13,16,18-19H,4,7-8,11-12,14H2. The van der Waals surface area contributed by atoms with Crippen LogP contribution in [0.2, 0.25) is 0 Å². The van der Waals surface area contributed by atoms with Crippen molar-refractivity contribution < 1.29 is 13.6 Å². The fourth-order valence-corrected chi connectivity index (χ4v) is 4.65. The van der Waals surface area contributed by atoms with E-state index >= 15 is 0 Å². The summed E-state index contributed by atoms with van der Waals surface area (Å²) in [7, 11) is 0. The fourth-order valence-electron chi connectivity index (χ4n) is 4.65. The number of benzene rings is 2. The lowest BCUT2D eigenvalue weighted by Gasteiger charge is -2.48. The molecule has 0 aromatic heterocycles. The van der Waals surface area contributed by atoms with E-state index in [1.807, 2.05) is 6.07 Å². The molecule has 0 N–H and O–H groups in total. The van der Waals surface area contributed by atoms with Gasteiger partial charge in [-0.2, -0.15) is 0 Å². The molecule has 0 aliphatic carbocycles. The van der Waals surface area contributed by atoms with Crippen LogP contribution in [0, 0.1) is 17.6 Å². The monoisotopic (exact) mass is 355 g/mol. The summed E-state index contributed by atoms with van der Waals surface area (Å²) in [6.45, 7) is 0.905. The third kappa shape index (κ3) is 3.43. The molecule has 2 aliphatic rings. The average molecular weight is 355 g/mol. The summed E-state index contributed by atoms with van der Waals surface area (Å²) in [4.78, 5) is 15.4. The van der Waals surface area contributed by atoms with Crippen LogP contribution in [0.5, 0.6) is 0 Å². The number of hydrogen-bond donors (Lipinski definition) is 0. The maximum Gasteiger partial charge on any atom is 0.169 e. The van der Waals surface area contributed by atoms with Gasteiger partial charge < -0.3 is 0 Å². The van der Waals surface area contributed by atoms with Crippen LogP contribution in [-0.4, -0.2) is 22.8 Å². The molecule has 2 unspecified atom stereocenters. The second-order valence-corrected chi connectivity index (χ2v) is 7.55. The Bertz CT molecular complexity index is 778. The molecular formula is C22H23F2NO. The molecule has 2 aromatic rings. The molecule has 2 aliphatic heterocycles. The number of fused-ring (bicyclic) bond motifs is 2. The van der Waals surface area contributed by atoms with Gasteiger partial charge in [0.25, 0.3) is 0 Å². The van der Waals surface area contributed by atoms with Crippen LogP contribution in [0.4, 0.5) is 8.78 Å². The van der Waals surface area contributed by atoms with Crippen LogP contribution in [0.25, 0.3) is 0 Å². The van der Waals surface area contributed by atoms with Gasteiger partial charge >= 0.3 is 0 Å². The Morgan fingerprint density at radius 3 is 2.35 bits per heavy atom. The molecule has 26 heavy (non-hydrogen) atoms. The molecule has 0 spiro atoms. The Balaban J connectivity index is 1.51. The number of Topliss-reactive ketones (excluding diaryl/α,β-unsaturated/α-hetero) is 1. The van der Waals surface area contributed by atoms with E-state index in [1.165, 1.54) is 24.1 Å². The van der Waals surface area contributed by atoms with E-state index in [1.54, 1.807) is 0 Å². The van der Waals surface area contributed by atoms with Crippen LogP contribution < -0.4 is 0 Å². The molecule has 2 nitrogen and oxygen atoms in total. The normalized spacial score (nSPS) is 25.8. The van der Waals surface area contributed by atoms with Crippen molar-refractivity contribution in [2.24, 2.45) is 5.92 Å². The smallest absolute Gasteiger partial charge is 0.169 e. The van der Waals surface area contributed by atoms with E-state index in [4.69, 9.17) is 0 Å². The highest BCUT2D eigenvalue weighted by Gasteiger charge is 2.41. The van der Waals surface area contributed by atoms with Gasteiger partial charge in [0.1, 0.15) is 11.6 Å². The van der Waals surface area contributed by atoms with Gasteiger partial charge in [-0.15, -0.1) is 0 Å². The van der Waals surface area contributed by atoms with E-state index in [2.05, 4.69) is 29.2 Å². The van der Waals surface area contributed by atoms with Gasteiger partial charge in [0, 0.05) is 30.6 Å². The van der Waals surface area contributed by atoms with Crippen molar-refractivity contribution in [3.8, 4) is 0 Å². The predicted octanol–water partition coefficient (Wildman–Crippen LogP) is 4.98. The quantitative estimate of drug-likeness (QED) is 0.721. The number of ketones is 1. The number of carbonyl (C=O) groups is 1. The van der Waals surface area contributed by atoms with Gasteiger partial charge in [0.2, 0.25) is 0 Å². The van der Waals surface area contributed by atoms with Crippen molar-refractivity contribution in [1.82, 2.24) is 4.90 Å². The molecule has 2 fully saturated rings. The highest BCUT2D eigenvalue weighted by molar-refractivity contribution is 5.98. The fraction of sp³-hybridized carbons (Fsp3) is 0.409. The number of piperidine rings is 2. The molecule has 2 atom stereocenters. The maximum atomic E-state index is 14.0. The van der Waals surface area contributed by atoms with Crippen molar-refractivity contribution in [3.05, 3.63) is 71.3 Å². The molecular weight excluding hydrogens is 332 g/mol. The highest BCUT2D eigenvalue weighted by Crippen LogP contribution is 2.39. The zero-order chi connectivity index (χ0) is 18.1. The molecule has 2 saturated heterocycles. The molecule has 0 saturated carbocycles. The first kappa shape index (κ1) is 17.3. The third-order valence-corrected chi connectivity index (χ3v) is 5.90. The molecule has 136 valence electrons. The average Bonchev–Trinajstić information content (AvgIpc) is 2.62. The second-order valence-electron chi connectivity index (χ2n) is 7.55. The van der Waals surface area contributed by atoms with Gasteiger partial charge in [-0.05, 0) is 43.4 Å². The Morgan fingerprint density at radius 2 is 1.69 bits per heavy atom. The molecule has 4 rings (SSSR count). The van der Waals surface area contributed by atoms with Gasteiger partial charge in [0.15, 0.2) is 5.78 Å². The first-order valence-electron chi connectivity index (χ1n) is 9.41. The van der Waals surface area contributed by atoms with Gasteiger partial charge in [0.05, 0.1) is 5.56 Å². The lowest BCUT2D eigenvalue weighted by molar-refractivity contribution is 0.00894. The molecule has 2 heterocycles. The van der Waals surface area contributed by atoms with Crippen LogP contribution in [-0.2, 0) is 6.54 Å². The number of rotatable bonds is 4. The zero-order valence-electron chi connectivity index (χ0n) is 14.7. The van der Waals surface area contributed by atoms with Crippen LogP contribution >= 0.6 is 0 Å². The Labute approximate surface area is 152 Å². The maximum absolute atomic E-state index is 14.0. The van der Waals surface area contributed by atoms with Crippen molar-refractivity contribution in [2.75, 3.05) is 0 Å². The topological polar surface area (TPSA) is 20.3 Å². The summed E-state index contributed by atoms with van der Waals surface area (Å²) in [5.41, 5.74) is 1.32. The number of nitrogens with zero attached hydrogens (tertiary/aromatic N) is 1. The minimum absolute atomic E-state index is 0.0333. The summed E-state index contributed by atoms with van der Waals surface area (Å²) in [6, 6.07) is 14.4. The van der Waals surface area contributed by atoms with Crippen LogP contribution in [0.3, 0.4) is 0 Å². The van der Waals surface area contributed by atoms with Gasteiger partial charge in [-0.25, -0.2) is 8.78 Å². The Morgan fingerprint density at radius 1 is 1.00 bits per heavy atom. The first-order valence-corrected chi connectivity index (χ1v) is 9.41. The highest BCUT2D eigenvalue weighted by atomic mass is 19.1.